The third kappa shape index (κ3) is 4.31. The quantitative estimate of drug-likeness (QED) is 0.651. The predicted molar refractivity (Wildman–Crippen MR) is 65.2 cm³/mol. The summed E-state index contributed by atoms with van der Waals surface area (Å²) in [6.07, 6.45) is 0. The lowest BCUT2D eigenvalue weighted by molar-refractivity contribution is 0.249. The van der Waals surface area contributed by atoms with Crippen LogP contribution >= 0.6 is 0 Å². The summed E-state index contributed by atoms with van der Waals surface area (Å²) >= 11 is 0. The van der Waals surface area contributed by atoms with Crippen LogP contribution in [-0.4, -0.2) is 19.1 Å². The van der Waals surface area contributed by atoms with Gasteiger partial charge in [-0.15, -0.1) is 0 Å². The Balaban J connectivity index is 2.31. The van der Waals surface area contributed by atoms with Crippen molar-refractivity contribution in [3.8, 4) is 0 Å². The minimum atomic E-state index is -0.478. The topological polar surface area (TPSA) is 67.2 Å². The van der Waals surface area contributed by atoms with E-state index in [4.69, 9.17) is 5.73 Å². The van der Waals surface area contributed by atoms with Crippen LogP contribution in [0, 0.1) is 13.8 Å². The van der Waals surface area contributed by atoms with Crippen LogP contribution in [0.5, 0.6) is 0 Å². The van der Waals surface area contributed by atoms with Gasteiger partial charge < -0.3 is 16.4 Å². The van der Waals surface area contributed by atoms with Crippen molar-refractivity contribution >= 4 is 6.03 Å². The zero-order valence-corrected chi connectivity index (χ0v) is 9.84. The van der Waals surface area contributed by atoms with Crippen LogP contribution in [0.3, 0.4) is 0 Å². The van der Waals surface area contributed by atoms with E-state index >= 15 is 0 Å². The highest BCUT2D eigenvalue weighted by Gasteiger charge is 1.98. The molecule has 0 saturated heterocycles. The zero-order chi connectivity index (χ0) is 12.0. The number of carbonyl (C=O) groups excluding carboxylic acids is 1. The molecule has 16 heavy (non-hydrogen) atoms. The Morgan fingerprint density at radius 2 is 2.06 bits per heavy atom. The molecule has 2 amide bonds. The number of carbonyl (C=O) groups is 1. The fraction of sp³-hybridized carbons (Fsp3) is 0.417. The van der Waals surface area contributed by atoms with Crippen LogP contribution < -0.4 is 16.4 Å². The summed E-state index contributed by atoms with van der Waals surface area (Å²) in [5.41, 5.74) is 8.78. The minimum absolute atomic E-state index is 0.478. The molecule has 88 valence electrons. The van der Waals surface area contributed by atoms with Crippen molar-refractivity contribution in [2.45, 2.75) is 20.4 Å². The maximum atomic E-state index is 10.4. The molecule has 0 aliphatic carbocycles. The zero-order valence-electron chi connectivity index (χ0n) is 9.84. The number of amides is 2. The standard InChI is InChI=1S/C12H19N3O/c1-9-3-4-10(2)11(7-9)8-14-5-6-15-12(13)16/h3-4,7,14H,5-6,8H2,1-2H3,(H3,13,15,16). The molecular formula is C12H19N3O. The lowest BCUT2D eigenvalue weighted by atomic mass is 10.1. The maximum absolute atomic E-state index is 10.4. The summed E-state index contributed by atoms with van der Waals surface area (Å²) < 4.78 is 0. The first-order valence-electron chi connectivity index (χ1n) is 5.40. The lowest BCUT2D eigenvalue weighted by Gasteiger charge is -2.08. The van der Waals surface area contributed by atoms with E-state index in [1.807, 2.05) is 0 Å². The molecule has 0 aromatic heterocycles. The smallest absolute Gasteiger partial charge is 0.312 e. The van der Waals surface area contributed by atoms with Gasteiger partial charge in [0.05, 0.1) is 0 Å². The molecule has 4 heteroatoms. The van der Waals surface area contributed by atoms with Crippen LogP contribution in [0.15, 0.2) is 18.2 Å². The third-order valence-corrected chi connectivity index (χ3v) is 2.42. The monoisotopic (exact) mass is 221 g/mol. The first-order valence-corrected chi connectivity index (χ1v) is 5.40. The molecular weight excluding hydrogens is 202 g/mol. The number of hydrogen-bond donors (Lipinski definition) is 3. The molecule has 0 bridgehead atoms. The predicted octanol–water partition coefficient (Wildman–Crippen LogP) is 1.06. The molecule has 0 saturated carbocycles. The normalized spacial score (nSPS) is 10.1. The number of hydrogen-bond acceptors (Lipinski definition) is 2. The average Bonchev–Trinajstić information content (AvgIpc) is 2.22. The molecule has 1 aromatic rings. The van der Waals surface area contributed by atoms with Crippen LogP contribution in [0.4, 0.5) is 4.79 Å². The number of urea groups is 1. The highest BCUT2D eigenvalue weighted by molar-refractivity contribution is 5.71. The molecule has 0 aliphatic heterocycles. The third-order valence-electron chi connectivity index (χ3n) is 2.42. The van der Waals surface area contributed by atoms with Gasteiger partial charge in [0.2, 0.25) is 0 Å². The summed E-state index contributed by atoms with van der Waals surface area (Å²) in [5.74, 6) is 0. The Morgan fingerprint density at radius 1 is 1.31 bits per heavy atom. The summed E-state index contributed by atoms with van der Waals surface area (Å²) in [7, 11) is 0. The second-order valence-corrected chi connectivity index (χ2v) is 3.90. The van der Waals surface area contributed by atoms with Crippen LogP contribution in [0.1, 0.15) is 16.7 Å². The van der Waals surface area contributed by atoms with Gasteiger partial charge in [0.15, 0.2) is 0 Å². The first kappa shape index (κ1) is 12.5. The van der Waals surface area contributed by atoms with E-state index in [1.54, 1.807) is 0 Å². The van der Waals surface area contributed by atoms with Gasteiger partial charge in [-0.2, -0.15) is 0 Å². The summed E-state index contributed by atoms with van der Waals surface area (Å²) in [4.78, 5) is 10.4. The van der Waals surface area contributed by atoms with Gasteiger partial charge in [0.25, 0.3) is 0 Å². The highest BCUT2D eigenvalue weighted by atomic mass is 16.2. The fourth-order valence-corrected chi connectivity index (χ4v) is 1.49. The Hall–Kier alpha value is -1.55. The molecule has 0 atom stereocenters. The second-order valence-electron chi connectivity index (χ2n) is 3.90. The van der Waals surface area contributed by atoms with Crippen LogP contribution in [0.2, 0.25) is 0 Å². The number of benzene rings is 1. The van der Waals surface area contributed by atoms with Crippen molar-refractivity contribution in [3.05, 3.63) is 34.9 Å². The van der Waals surface area contributed by atoms with E-state index in [-0.39, 0.29) is 0 Å². The van der Waals surface area contributed by atoms with Crippen LogP contribution in [0.25, 0.3) is 0 Å². The molecule has 0 unspecified atom stereocenters. The van der Waals surface area contributed by atoms with Crippen LogP contribution in [-0.2, 0) is 6.54 Å². The van der Waals surface area contributed by atoms with Crippen molar-refractivity contribution in [1.82, 2.24) is 10.6 Å². The van der Waals surface area contributed by atoms with E-state index in [2.05, 4.69) is 42.7 Å². The number of rotatable bonds is 5. The van der Waals surface area contributed by atoms with Gasteiger partial charge in [0, 0.05) is 19.6 Å². The summed E-state index contributed by atoms with van der Waals surface area (Å²) in [5, 5.41) is 5.79. The van der Waals surface area contributed by atoms with E-state index in [0.29, 0.717) is 6.54 Å². The fourth-order valence-electron chi connectivity index (χ4n) is 1.49. The molecule has 4 N–H and O–H groups in total. The molecule has 0 aliphatic rings. The Bertz CT molecular complexity index is 363. The van der Waals surface area contributed by atoms with Crippen molar-refractivity contribution in [3.63, 3.8) is 0 Å². The van der Waals surface area contributed by atoms with E-state index in [0.717, 1.165) is 13.1 Å². The minimum Gasteiger partial charge on any atom is -0.352 e. The molecule has 4 nitrogen and oxygen atoms in total. The lowest BCUT2D eigenvalue weighted by Crippen LogP contribution is -2.35. The summed E-state index contributed by atoms with van der Waals surface area (Å²) in [6, 6.07) is 5.92. The number of aryl methyl sites for hydroxylation is 2. The molecule has 0 heterocycles. The number of nitrogens with one attached hydrogen (secondary N) is 2. The molecule has 1 aromatic carbocycles. The molecule has 0 spiro atoms. The van der Waals surface area contributed by atoms with E-state index in [1.165, 1.54) is 16.7 Å². The molecule has 1 rings (SSSR count). The first-order chi connectivity index (χ1) is 7.59. The summed E-state index contributed by atoms with van der Waals surface area (Å²) in [6.45, 7) is 6.26. The van der Waals surface area contributed by atoms with E-state index in [9.17, 15) is 4.79 Å². The average molecular weight is 221 g/mol. The van der Waals surface area contributed by atoms with Crippen molar-refractivity contribution in [2.24, 2.45) is 5.73 Å². The van der Waals surface area contributed by atoms with Gasteiger partial charge in [-0.25, -0.2) is 4.79 Å². The van der Waals surface area contributed by atoms with Crippen molar-refractivity contribution in [1.29, 1.82) is 0 Å². The van der Waals surface area contributed by atoms with E-state index < -0.39 is 6.03 Å². The Labute approximate surface area is 96.2 Å². The van der Waals surface area contributed by atoms with Gasteiger partial charge >= 0.3 is 6.03 Å². The van der Waals surface area contributed by atoms with Gasteiger partial charge in [-0.3, -0.25) is 0 Å². The van der Waals surface area contributed by atoms with Crippen molar-refractivity contribution in [2.75, 3.05) is 13.1 Å². The Kier molecular flexibility index (Phi) is 4.79. The second kappa shape index (κ2) is 6.12. The highest BCUT2D eigenvalue weighted by Crippen LogP contribution is 2.09. The Morgan fingerprint density at radius 3 is 2.75 bits per heavy atom. The number of primary amides is 1. The maximum Gasteiger partial charge on any atom is 0.312 e. The van der Waals surface area contributed by atoms with Gasteiger partial charge in [-0.05, 0) is 25.0 Å². The van der Waals surface area contributed by atoms with Crippen molar-refractivity contribution < 1.29 is 4.79 Å². The van der Waals surface area contributed by atoms with Gasteiger partial charge in [-0.1, -0.05) is 23.8 Å². The number of nitrogens with two attached hydrogens (primary N) is 1. The van der Waals surface area contributed by atoms with Gasteiger partial charge in [0.1, 0.15) is 0 Å². The molecule has 0 radical (unpaired) electrons. The SMILES string of the molecule is Cc1ccc(C)c(CNCCNC(N)=O)c1. The largest absolute Gasteiger partial charge is 0.352 e. The molecule has 0 fully saturated rings.